The molecule has 17 heavy (non-hydrogen) atoms. The summed E-state index contributed by atoms with van der Waals surface area (Å²) in [5.41, 5.74) is 1.05. The fourth-order valence-corrected chi connectivity index (χ4v) is 1.89. The Labute approximate surface area is 101 Å². The van der Waals surface area contributed by atoms with Crippen LogP contribution in [0.3, 0.4) is 0 Å². The zero-order chi connectivity index (χ0) is 11.9. The highest BCUT2D eigenvalue weighted by atomic mass is 16.2. The topological polar surface area (TPSA) is 73.1 Å². The van der Waals surface area contributed by atoms with Crippen molar-refractivity contribution >= 4 is 5.91 Å². The molecular formula is C11H19N5O. The molecule has 0 atom stereocenters. The summed E-state index contributed by atoms with van der Waals surface area (Å²) in [5.74, 6) is 0.103. The Morgan fingerprint density at radius 3 is 3.00 bits per heavy atom. The largest absolute Gasteiger partial charge is 0.355 e. The number of imidazole rings is 1. The summed E-state index contributed by atoms with van der Waals surface area (Å²) in [6, 6.07) is 0. The van der Waals surface area contributed by atoms with Crippen LogP contribution in [-0.4, -0.2) is 60.0 Å². The van der Waals surface area contributed by atoms with Crippen molar-refractivity contribution < 1.29 is 4.79 Å². The molecule has 0 radical (unpaired) electrons. The summed E-state index contributed by atoms with van der Waals surface area (Å²) in [4.78, 5) is 20.8. The fraction of sp³-hybridized carbons (Fsp3) is 0.636. The summed E-state index contributed by atoms with van der Waals surface area (Å²) >= 11 is 0. The Bertz CT molecular complexity index is 332. The molecule has 1 aromatic heterocycles. The molecule has 3 N–H and O–H groups in total. The van der Waals surface area contributed by atoms with Crippen LogP contribution in [0.5, 0.6) is 0 Å². The molecule has 1 aliphatic rings. The van der Waals surface area contributed by atoms with Crippen LogP contribution in [-0.2, 0) is 11.2 Å². The Balaban J connectivity index is 1.60. The lowest BCUT2D eigenvalue weighted by molar-refractivity contribution is -0.122. The van der Waals surface area contributed by atoms with Crippen LogP contribution in [0.1, 0.15) is 5.69 Å². The van der Waals surface area contributed by atoms with E-state index in [0.29, 0.717) is 13.1 Å². The number of H-pyrrole nitrogens is 1. The minimum Gasteiger partial charge on any atom is -0.355 e. The van der Waals surface area contributed by atoms with Gasteiger partial charge >= 0.3 is 0 Å². The Hall–Kier alpha value is -1.40. The van der Waals surface area contributed by atoms with Crippen molar-refractivity contribution in [2.24, 2.45) is 0 Å². The van der Waals surface area contributed by atoms with Crippen molar-refractivity contribution in [1.82, 2.24) is 25.5 Å². The molecule has 0 saturated carbocycles. The first kappa shape index (κ1) is 12.1. The minimum atomic E-state index is 0.103. The second-order valence-corrected chi connectivity index (χ2v) is 4.20. The first-order chi connectivity index (χ1) is 8.34. The molecule has 1 amide bonds. The van der Waals surface area contributed by atoms with E-state index in [9.17, 15) is 4.79 Å². The van der Waals surface area contributed by atoms with Gasteiger partial charge in [0.15, 0.2) is 0 Å². The third-order valence-corrected chi connectivity index (χ3v) is 2.85. The molecule has 94 valence electrons. The van der Waals surface area contributed by atoms with Gasteiger partial charge in [0, 0.05) is 51.0 Å². The average molecular weight is 237 g/mol. The van der Waals surface area contributed by atoms with Crippen LogP contribution in [0.15, 0.2) is 12.5 Å². The van der Waals surface area contributed by atoms with E-state index in [1.165, 1.54) is 0 Å². The monoisotopic (exact) mass is 237 g/mol. The molecule has 2 heterocycles. The van der Waals surface area contributed by atoms with Gasteiger partial charge in [-0.15, -0.1) is 0 Å². The second kappa shape index (κ2) is 6.36. The van der Waals surface area contributed by atoms with Crippen LogP contribution in [0.4, 0.5) is 0 Å². The van der Waals surface area contributed by atoms with Gasteiger partial charge in [0.05, 0.1) is 12.9 Å². The number of carbonyl (C=O) groups is 1. The summed E-state index contributed by atoms with van der Waals surface area (Å²) in [7, 11) is 0. The van der Waals surface area contributed by atoms with Crippen LogP contribution in [0.25, 0.3) is 0 Å². The van der Waals surface area contributed by atoms with Crippen molar-refractivity contribution in [2.45, 2.75) is 6.42 Å². The van der Waals surface area contributed by atoms with Gasteiger partial charge in [0.1, 0.15) is 0 Å². The molecule has 1 aliphatic heterocycles. The van der Waals surface area contributed by atoms with Gasteiger partial charge < -0.3 is 15.6 Å². The zero-order valence-corrected chi connectivity index (χ0v) is 9.91. The van der Waals surface area contributed by atoms with Crippen molar-refractivity contribution in [1.29, 1.82) is 0 Å². The van der Waals surface area contributed by atoms with Gasteiger partial charge in [0.25, 0.3) is 0 Å². The van der Waals surface area contributed by atoms with E-state index >= 15 is 0 Å². The van der Waals surface area contributed by atoms with E-state index in [4.69, 9.17) is 0 Å². The van der Waals surface area contributed by atoms with Crippen LogP contribution in [0, 0.1) is 0 Å². The van der Waals surface area contributed by atoms with Crippen LogP contribution >= 0.6 is 0 Å². The first-order valence-corrected chi connectivity index (χ1v) is 6.01. The predicted octanol–water partition coefficient (Wildman–Crippen LogP) is -1.03. The van der Waals surface area contributed by atoms with Gasteiger partial charge in [-0.2, -0.15) is 0 Å². The standard InChI is InChI=1S/C11H19N5O/c17-11(8-16-5-3-12-4-6-16)14-2-1-10-7-13-9-15-10/h7,9,12H,1-6,8H2,(H,13,15)(H,14,17). The molecule has 6 heteroatoms. The molecule has 1 saturated heterocycles. The Morgan fingerprint density at radius 2 is 2.29 bits per heavy atom. The van der Waals surface area contributed by atoms with Crippen molar-refractivity contribution in [3.05, 3.63) is 18.2 Å². The number of aromatic nitrogens is 2. The number of nitrogens with one attached hydrogen (secondary N) is 3. The number of hydrogen-bond acceptors (Lipinski definition) is 4. The van der Waals surface area contributed by atoms with E-state index in [-0.39, 0.29) is 5.91 Å². The zero-order valence-electron chi connectivity index (χ0n) is 9.91. The summed E-state index contributed by atoms with van der Waals surface area (Å²) in [6.07, 6.45) is 4.23. The quantitative estimate of drug-likeness (QED) is 0.612. The first-order valence-electron chi connectivity index (χ1n) is 6.01. The third-order valence-electron chi connectivity index (χ3n) is 2.85. The highest BCUT2D eigenvalue weighted by Crippen LogP contribution is 1.92. The lowest BCUT2D eigenvalue weighted by atomic mass is 10.3. The number of hydrogen-bond donors (Lipinski definition) is 3. The maximum absolute atomic E-state index is 11.6. The number of rotatable bonds is 5. The lowest BCUT2D eigenvalue weighted by Crippen LogP contribution is -2.47. The molecule has 0 spiro atoms. The summed E-state index contributed by atoms with van der Waals surface area (Å²) < 4.78 is 0. The number of amides is 1. The van der Waals surface area contributed by atoms with Crippen molar-refractivity contribution in [3.63, 3.8) is 0 Å². The van der Waals surface area contributed by atoms with Gasteiger partial charge in [-0.3, -0.25) is 9.69 Å². The van der Waals surface area contributed by atoms with Crippen molar-refractivity contribution in [2.75, 3.05) is 39.3 Å². The van der Waals surface area contributed by atoms with Gasteiger partial charge in [-0.1, -0.05) is 0 Å². The van der Waals surface area contributed by atoms with E-state index in [0.717, 1.165) is 38.3 Å². The number of nitrogens with zero attached hydrogens (tertiary/aromatic N) is 2. The van der Waals surface area contributed by atoms with Crippen LogP contribution < -0.4 is 10.6 Å². The minimum absolute atomic E-state index is 0.103. The molecule has 2 rings (SSSR count). The number of carbonyl (C=O) groups excluding carboxylic acids is 1. The molecular weight excluding hydrogens is 218 g/mol. The van der Waals surface area contributed by atoms with Gasteiger partial charge in [-0.05, 0) is 0 Å². The smallest absolute Gasteiger partial charge is 0.234 e. The number of aromatic amines is 1. The third kappa shape index (κ3) is 4.16. The van der Waals surface area contributed by atoms with E-state index in [1.807, 2.05) is 0 Å². The molecule has 1 fully saturated rings. The molecule has 0 aliphatic carbocycles. The summed E-state index contributed by atoms with van der Waals surface area (Å²) in [6.45, 7) is 5.02. The van der Waals surface area contributed by atoms with E-state index in [1.54, 1.807) is 12.5 Å². The maximum atomic E-state index is 11.6. The van der Waals surface area contributed by atoms with E-state index in [2.05, 4.69) is 25.5 Å². The second-order valence-electron chi connectivity index (χ2n) is 4.20. The maximum Gasteiger partial charge on any atom is 0.234 e. The molecule has 0 aromatic carbocycles. The molecule has 1 aromatic rings. The average Bonchev–Trinajstić information content (AvgIpc) is 2.83. The van der Waals surface area contributed by atoms with Gasteiger partial charge in [0.2, 0.25) is 5.91 Å². The highest BCUT2D eigenvalue weighted by Gasteiger charge is 2.12. The molecule has 0 unspecified atom stereocenters. The van der Waals surface area contributed by atoms with Gasteiger partial charge in [-0.25, -0.2) is 4.98 Å². The Kier molecular flexibility index (Phi) is 4.52. The predicted molar refractivity (Wildman–Crippen MR) is 64.6 cm³/mol. The van der Waals surface area contributed by atoms with Crippen molar-refractivity contribution in [3.8, 4) is 0 Å². The van der Waals surface area contributed by atoms with E-state index < -0.39 is 0 Å². The fourth-order valence-electron chi connectivity index (χ4n) is 1.89. The normalized spacial score (nSPS) is 16.9. The molecule has 6 nitrogen and oxygen atoms in total. The highest BCUT2D eigenvalue weighted by molar-refractivity contribution is 5.78. The SMILES string of the molecule is O=C(CN1CCNCC1)NCCc1cnc[nH]1. The lowest BCUT2D eigenvalue weighted by Gasteiger charge is -2.26. The number of piperazine rings is 1. The molecule has 0 bridgehead atoms. The summed E-state index contributed by atoms with van der Waals surface area (Å²) in [5, 5.41) is 6.18. The van der Waals surface area contributed by atoms with Crippen LogP contribution in [0.2, 0.25) is 0 Å². The Morgan fingerprint density at radius 1 is 1.47 bits per heavy atom.